The summed E-state index contributed by atoms with van der Waals surface area (Å²) in [6.07, 6.45) is 8.40. The third-order valence-electron chi connectivity index (χ3n) is 4.32. The molecule has 0 saturated heterocycles. The molecule has 2 aromatic rings. The summed E-state index contributed by atoms with van der Waals surface area (Å²) in [5.41, 5.74) is 7.15. The SMILES string of the molecule is Nc1nc(NC2CC2)c2ncn([C@@H]3C=C[C@@H](COP(=O)(O)O)C3)c2n1. The maximum absolute atomic E-state index is 10.8. The van der Waals surface area contributed by atoms with Gasteiger partial charge in [-0.15, -0.1) is 0 Å². The highest BCUT2D eigenvalue weighted by Gasteiger charge is 2.27. The Labute approximate surface area is 143 Å². The molecule has 0 unspecified atom stereocenters. The summed E-state index contributed by atoms with van der Waals surface area (Å²) >= 11 is 0. The van der Waals surface area contributed by atoms with Crippen LogP contribution in [0.3, 0.4) is 0 Å². The molecule has 2 aliphatic carbocycles. The fourth-order valence-electron chi connectivity index (χ4n) is 2.97. The molecule has 0 aromatic carbocycles. The first-order valence-corrected chi connectivity index (χ1v) is 9.57. The molecule has 2 heterocycles. The largest absolute Gasteiger partial charge is 0.469 e. The number of fused-ring (bicyclic) bond motifs is 1. The third-order valence-corrected chi connectivity index (χ3v) is 4.81. The molecule has 4 rings (SSSR count). The first-order chi connectivity index (χ1) is 11.9. The Balaban J connectivity index is 1.55. The number of aromatic nitrogens is 4. The summed E-state index contributed by atoms with van der Waals surface area (Å²) in [5.74, 6) is 0.742. The van der Waals surface area contributed by atoms with E-state index < -0.39 is 7.82 Å². The molecule has 25 heavy (non-hydrogen) atoms. The number of phosphoric ester groups is 1. The van der Waals surface area contributed by atoms with Crippen LogP contribution in [0.5, 0.6) is 0 Å². The predicted molar refractivity (Wildman–Crippen MR) is 90.7 cm³/mol. The van der Waals surface area contributed by atoms with E-state index in [4.69, 9.17) is 15.5 Å². The predicted octanol–water partition coefficient (Wildman–Crippen LogP) is 1.21. The van der Waals surface area contributed by atoms with E-state index in [1.807, 2.05) is 16.7 Å². The highest BCUT2D eigenvalue weighted by atomic mass is 31.2. The molecule has 0 radical (unpaired) electrons. The van der Waals surface area contributed by atoms with E-state index in [-0.39, 0.29) is 24.5 Å². The van der Waals surface area contributed by atoms with E-state index in [0.29, 0.717) is 29.4 Å². The van der Waals surface area contributed by atoms with Crippen molar-refractivity contribution < 1.29 is 18.9 Å². The van der Waals surface area contributed by atoms with Crippen molar-refractivity contribution in [1.82, 2.24) is 19.5 Å². The van der Waals surface area contributed by atoms with E-state index in [9.17, 15) is 4.57 Å². The number of hydrogen-bond donors (Lipinski definition) is 4. The Morgan fingerprint density at radius 3 is 2.88 bits per heavy atom. The number of allylic oxidation sites excluding steroid dienone is 1. The number of anilines is 2. The van der Waals surface area contributed by atoms with Gasteiger partial charge in [-0.25, -0.2) is 9.55 Å². The van der Waals surface area contributed by atoms with Gasteiger partial charge in [-0.3, -0.25) is 4.52 Å². The van der Waals surface area contributed by atoms with Gasteiger partial charge in [0.15, 0.2) is 17.0 Å². The Morgan fingerprint density at radius 2 is 2.16 bits per heavy atom. The summed E-state index contributed by atoms with van der Waals surface area (Å²) in [5, 5.41) is 3.32. The van der Waals surface area contributed by atoms with Crippen LogP contribution in [0.2, 0.25) is 0 Å². The third kappa shape index (κ3) is 3.67. The summed E-state index contributed by atoms with van der Waals surface area (Å²) in [6, 6.07) is 0.390. The summed E-state index contributed by atoms with van der Waals surface area (Å²) in [6.45, 7) is -0.0322. The van der Waals surface area contributed by atoms with Gasteiger partial charge in [0.25, 0.3) is 0 Å². The maximum Gasteiger partial charge on any atom is 0.469 e. The molecule has 5 N–H and O–H groups in total. The number of phosphoric acid groups is 1. The fraction of sp³-hybridized carbons (Fsp3) is 0.500. The Kier molecular flexibility index (Phi) is 3.99. The fourth-order valence-corrected chi connectivity index (χ4v) is 3.36. The van der Waals surface area contributed by atoms with E-state index in [0.717, 1.165) is 12.8 Å². The minimum absolute atomic E-state index is 0.0292. The number of nitrogens with two attached hydrogens (primary N) is 1. The van der Waals surface area contributed by atoms with Crippen molar-refractivity contribution >= 4 is 30.8 Å². The molecule has 0 bridgehead atoms. The Bertz CT molecular complexity index is 874. The lowest BCUT2D eigenvalue weighted by atomic mass is 10.1. The van der Waals surface area contributed by atoms with Gasteiger partial charge in [0.1, 0.15) is 0 Å². The average molecular weight is 366 g/mol. The number of imidazole rings is 1. The van der Waals surface area contributed by atoms with Crippen molar-refractivity contribution in [3.05, 3.63) is 18.5 Å². The van der Waals surface area contributed by atoms with Crippen LogP contribution in [0.4, 0.5) is 11.8 Å². The number of nitrogens with one attached hydrogen (secondary N) is 1. The first kappa shape index (κ1) is 16.5. The van der Waals surface area contributed by atoms with Crippen LogP contribution in [0.25, 0.3) is 11.2 Å². The highest BCUT2D eigenvalue weighted by molar-refractivity contribution is 7.46. The highest BCUT2D eigenvalue weighted by Crippen LogP contribution is 2.39. The topological polar surface area (TPSA) is 148 Å². The van der Waals surface area contributed by atoms with Crippen molar-refractivity contribution in [2.75, 3.05) is 17.7 Å². The smallest absolute Gasteiger partial charge is 0.368 e. The first-order valence-electron chi connectivity index (χ1n) is 8.04. The quantitative estimate of drug-likeness (QED) is 0.437. The van der Waals surface area contributed by atoms with Crippen LogP contribution < -0.4 is 11.1 Å². The molecule has 2 atom stereocenters. The minimum atomic E-state index is -4.46. The summed E-state index contributed by atoms with van der Waals surface area (Å²) in [4.78, 5) is 30.6. The Morgan fingerprint density at radius 1 is 1.36 bits per heavy atom. The molecule has 1 saturated carbocycles. The van der Waals surface area contributed by atoms with Crippen LogP contribution in [0.1, 0.15) is 25.3 Å². The van der Waals surface area contributed by atoms with Crippen molar-refractivity contribution in [3.63, 3.8) is 0 Å². The van der Waals surface area contributed by atoms with Crippen molar-refractivity contribution in [3.8, 4) is 0 Å². The molecule has 0 amide bonds. The summed E-state index contributed by atoms with van der Waals surface area (Å²) < 4.78 is 17.3. The molecule has 2 aliphatic rings. The standard InChI is InChI=1S/C14H19N6O4P/c15-14-18-12(17-9-2-3-9)11-13(19-14)20(7-16-11)10-4-1-8(5-10)6-24-25(21,22)23/h1,4,7-10H,2-3,5-6H2,(H2,21,22,23)(H3,15,17,18,19)/t8-,10-/m1/s1. The van der Waals surface area contributed by atoms with Gasteiger partial charge >= 0.3 is 7.82 Å². The Hall–Kier alpha value is -2.00. The maximum atomic E-state index is 10.8. The van der Waals surface area contributed by atoms with Gasteiger partial charge in [-0.1, -0.05) is 12.2 Å². The van der Waals surface area contributed by atoms with E-state index in [1.54, 1.807) is 6.33 Å². The van der Waals surface area contributed by atoms with Crippen LogP contribution in [0, 0.1) is 5.92 Å². The number of hydrogen-bond acceptors (Lipinski definition) is 7. The molecule has 0 aliphatic heterocycles. The second kappa shape index (κ2) is 6.06. The lowest BCUT2D eigenvalue weighted by Gasteiger charge is -2.14. The molecular formula is C14H19N6O4P. The van der Waals surface area contributed by atoms with Crippen LogP contribution in [-0.4, -0.2) is 42.0 Å². The normalized spacial score (nSPS) is 23.4. The van der Waals surface area contributed by atoms with E-state index >= 15 is 0 Å². The van der Waals surface area contributed by atoms with Gasteiger partial charge in [0.05, 0.1) is 19.0 Å². The molecule has 10 nitrogen and oxygen atoms in total. The van der Waals surface area contributed by atoms with Gasteiger partial charge in [0.2, 0.25) is 5.95 Å². The lowest BCUT2D eigenvalue weighted by Crippen LogP contribution is -2.11. The van der Waals surface area contributed by atoms with Crippen molar-refractivity contribution in [2.24, 2.45) is 5.92 Å². The van der Waals surface area contributed by atoms with E-state index in [2.05, 4.69) is 24.8 Å². The van der Waals surface area contributed by atoms with Crippen LogP contribution in [-0.2, 0) is 9.09 Å². The van der Waals surface area contributed by atoms with Crippen molar-refractivity contribution in [2.45, 2.75) is 31.3 Å². The number of nitrogens with zero attached hydrogens (tertiary/aromatic N) is 4. The molecule has 2 aromatic heterocycles. The zero-order valence-corrected chi connectivity index (χ0v) is 14.2. The second-order valence-electron chi connectivity index (χ2n) is 6.41. The molecule has 1 fully saturated rings. The van der Waals surface area contributed by atoms with Gasteiger partial charge in [-0.2, -0.15) is 9.97 Å². The van der Waals surface area contributed by atoms with Gasteiger partial charge in [-0.05, 0) is 19.3 Å². The number of nitrogen functional groups attached to an aromatic ring is 1. The zero-order valence-electron chi connectivity index (χ0n) is 13.3. The van der Waals surface area contributed by atoms with Gasteiger partial charge in [0, 0.05) is 12.0 Å². The lowest BCUT2D eigenvalue weighted by molar-refractivity contribution is 0.177. The molecular weight excluding hydrogens is 347 g/mol. The molecule has 134 valence electrons. The number of rotatable bonds is 6. The van der Waals surface area contributed by atoms with Crippen LogP contribution >= 0.6 is 7.82 Å². The van der Waals surface area contributed by atoms with Crippen LogP contribution in [0.15, 0.2) is 18.5 Å². The molecule has 0 spiro atoms. The monoisotopic (exact) mass is 366 g/mol. The van der Waals surface area contributed by atoms with Gasteiger partial charge < -0.3 is 25.4 Å². The average Bonchev–Trinajstić information content (AvgIpc) is 3.06. The molecule has 11 heteroatoms. The van der Waals surface area contributed by atoms with Crippen molar-refractivity contribution in [1.29, 1.82) is 0 Å². The minimum Gasteiger partial charge on any atom is -0.368 e. The van der Waals surface area contributed by atoms with E-state index in [1.165, 1.54) is 0 Å². The zero-order chi connectivity index (χ0) is 17.6. The summed E-state index contributed by atoms with van der Waals surface area (Å²) in [7, 11) is -4.46. The second-order valence-corrected chi connectivity index (χ2v) is 7.65.